The van der Waals surface area contributed by atoms with Gasteiger partial charge in [-0.1, -0.05) is 88.7 Å². The Balaban J connectivity index is 1.25. The molecule has 2 heterocycles. The Morgan fingerprint density at radius 3 is 1.82 bits per heavy atom. The zero-order valence-electron chi connectivity index (χ0n) is 40.7. The van der Waals surface area contributed by atoms with E-state index in [2.05, 4.69) is 87.5 Å². The molecule has 13 heteroatoms. The molecule has 0 amide bonds. The van der Waals surface area contributed by atoms with Gasteiger partial charge in [-0.15, -0.1) is 22.7 Å². The van der Waals surface area contributed by atoms with Gasteiger partial charge in [-0.25, -0.2) is 4.79 Å². The molecule has 2 aromatic heterocycles. The van der Waals surface area contributed by atoms with E-state index >= 15 is 17.6 Å². The highest BCUT2D eigenvalue weighted by Crippen LogP contribution is 2.50. The molecule has 0 fully saturated rings. The van der Waals surface area contributed by atoms with Crippen LogP contribution in [0.1, 0.15) is 90.5 Å². The molecule has 0 aliphatic heterocycles. The van der Waals surface area contributed by atoms with Gasteiger partial charge in [0.05, 0.1) is 12.2 Å². The number of halogens is 6. The van der Waals surface area contributed by atoms with E-state index in [1.165, 1.54) is 27.8 Å². The van der Waals surface area contributed by atoms with Crippen LogP contribution < -0.4 is 9.47 Å². The highest BCUT2D eigenvalue weighted by molar-refractivity contribution is 7.22. The Morgan fingerprint density at radius 2 is 1.24 bits per heavy atom. The van der Waals surface area contributed by atoms with Gasteiger partial charge < -0.3 is 18.9 Å². The second-order valence-corrected chi connectivity index (χ2v) is 22.3. The summed E-state index contributed by atoms with van der Waals surface area (Å²) in [7, 11) is 0. The lowest BCUT2D eigenvalue weighted by molar-refractivity contribution is -0.332. The number of carbonyl (C=O) groups is 1. The Morgan fingerprint density at radius 1 is 0.691 bits per heavy atom. The molecule has 0 N–H and O–H groups in total. The van der Waals surface area contributed by atoms with Gasteiger partial charge in [0.1, 0.15) is 23.7 Å². The first-order chi connectivity index (χ1) is 31.6. The minimum Gasteiger partial charge on any atom is -0.491 e. The molecule has 5 nitrogen and oxygen atoms in total. The van der Waals surface area contributed by atoms with Gasteiger partial charge in [0.25, 0.3) is 0 Å². The zero-order valence-corrected chi connectivity index (χ0v) is 42.3. The van der Waals surface area contributed by atoms with Crippen molar-refractivity contribution in [1.82, 2.24) is 0 Å². The number of hydrogen-bond acceptors (Lipinski definition) is 7. The first-order valence-electron chi connectivity index (χ1n) is 22.7. The van der Waals surface area contributed by atoms with Gasteiger partial charge in [-0.2, -0.15) is 26.3 Å². The van der Waals surface area contributed by atoms with Gasteiger partial charge in [-0.3, -0.25) is 0 Å². The largest absolute Gasteiger partial charge is 0.491 e. The summed E-state index contributed by atoms with van der Waals surface area (Å²) in [5.41, 5.74) is 3.92. The van der Waals surface area contributed by atoms with Crippen LogP contribution in [0.3, 0.4) is 0 Å². The molecule has 366 valence electrons. The normalized spacial score (nSPS) is 14.0. The third-order valence-electron chi connectivity index (χ3n) is 12.3. The summed E-state index contributed by atoms with van der Waals surface area (Å²) in [6, 6.07) is 28.7. The molecule has 0 spiro atoms. The van der Waals surface area contributed by atoms with Crippen molar-refractivity contribution in [1.29, 1.82) is 0 Å². The third-order valence-corrected chi connectivity index (χ3v) is 14.6. The Bertz CT molecular complexity index is 2770. The first kappa shape index (κ1) is 52.5. The number of carbonyl (C=O) groups excluding carboxylic acids is 1. The van der Waals surface area contributed by atoms with Crippen LogP contribution in [-0.4, -0.2) is 54.8 Å². The average molecular weight is 981 g/mol. The SMILES string of the molecule is C=CC(=O)OCC(F)(F)C(F)(F)C(F)(F)COC(C(C)(C)CC(C)Oc1ccc2cc(-c3ccc(C)cc3C)sc2c1)C(C)(C)CC(C)(C)Oc1ccc2cc(-c3ccc(C)cc3CC)sc2c1. The van der Waals surface area contributed by atoms with E-state index in [1.54, 1.807) is 50.4 Å². The number of benzene rings is 4. The predicted molar refractivity (Wildman–Crippen MR) is 265 cm³/mol. The highest BCUT2D eigenvalue weighted by Gasteiger charge is 2.72. The lowest BCUT2D eigenvalue weighted by atomic mass is 9.66. The van der Waals surface area contributed by atoms with Crippen LogP contribution in [0.4, 0.5) is 26.3 Å². The Kier molecular flexibility index (Phi) is 15.3. The average Bonchev–Trinajstić information content (AvgIpc) is 3.85. The fourth-order valence-electron chi connectivity index (χ4n) is 9.80. The number of ether oxygens (including phenoxy) is 4. The number of thiophene rings is 2. The molecule has 0 radical (unpaired) electrons. The maximum atomic E-state index is 15.6. The van der Waals surface area contributed by atoms with E-state index in [9.17, 15) is 13.6 Å². The van der Waals surface area contributed by atoms with Crippen LogP contribution in [-0.2, 0) is 20.7 Å². The van der Waals surface area contributed by atoms with Crippen molar-refractivity contribution in [3.05, 3.63) is 120 Å². The fourth-order valence-corrected chi connectivity index (χ4v) is 12.1. The number of rotatable bonds is 21. The molecule has 0 saturated carbocycles. The summed E-state index contributed by atoms with van der Waals surface area (Å²) < 4.78 is 116. The monoisotopic (exact) mass is 980 g/mol. The van der Waals surface area contributed by atoms with Gasteiger partial charge >= 0.3 is 23.7 Å². The van der Waals surface area contributed by atoms with Crippen molar-refractivity contribution in [2.24, 2.45) is 10.8 Å². The Labute approximate surface area is 404 Å². The molecular weight excluding hydrogens is 919 g/mol. The van der Waals surface area contributed by atoms with Crippen molar-refractivity contribution >= 4 is 48.8 Å². The minimum atomic E-state index is -5.96. The number of aryl methyl sites for hydroxylation is 4. The van der Waals surface area contributed by atoms with Crippen molar-refractivity contribution < 1.29 is 50.1 Å². The predicted octanol–water partition coefficient (Wildman–Crippen LogP) is 16.4. The molecule has 0 aliphatic rings. The van der Waals surface area contributed by atoms with E-state index in [1.807, 2.05) is 57.2 Å². The smallest absolute Gasteiger partial charge is 0.377 e. The molecule has 68 heavy (non-hydrogen) atoms. The van der Waals surface area contributed by atoms with Gasteiger partial charge in [-0.05, 0) is 153 Å². The zero-order chi connectivity index (χ0) is 50.2. The second-order valence-electron chi connectivity index (χ2n) is 20.1. The molecule has 6 aromatic rings. The molecule has 0 saturated heterocycles. The summed E-state index contributed by atoms with van der Waals surface area (Å²) in [6.45, 7) is 19.6. The van der Waals surface area contributed by atoms with Crippen LogP contribution in [0.15, 0.2) is 97.6 Å². The number of alkyl halides is 6. The van der Waals surface area contributed by atoms with Gasteiger partial charge in [0, 0.05) is 25.2 Å². The summed E-state index contributed by atoms with van der Waals surface area (Å²) in [4.78, 5) is 13.7. The summed E-state index contributed by atoms with van der Waals surface area (Å²) >= 11 is 3.28. The lowest BCUT2D eigenvalue weighted by Crippen LogP contribution is -2.59. The molecule has 6 rings (SSSR count). The first-order valence-corrected chi connectivity index (χ1v) is 24.3. The molecule has 0 bridgehead atoms. The second kappa shape index (κ2) is 19.9. The van der Waals surface area contributed by atoms with Crippen LogP contribution in [0.2, 0.25) is 0 Å². The summed E-state index contributed by atoms with van der Waals surface area (Å²) in [5, 5.41) is 2.09. The molecule has 0 aliphatic carbocycles. The van der Waals surface area contributed by atoms with E-state index in [-0.39, 0.29) is 12.8 Å². The van der Waals surface area contributed by atoms with E-state index in [4.69, 9.17) is 14.2 Å². The maximum absolute atomic E-state index is 15.6. The number of hydrogen-bond donors (Lipinski definition) is 0. The van der Waals surface area contributed by atoms with Crippen molar-refractivity contribution in [3.8, 4) is 32.4 Å². The van der Waals surface area contributed by atoms with Gasteiger partial charge in [0.15, 0.2) is 6.61 Å². The molecule has 2 atom stereocenters. The topological polar surface area (TPSA) is 54.0 Å². The van der Waals surface area contributed by atoms with E-state index in [0.29, 0.717) is 17.6 Å². The van der Waals surface area contributed by atoms with Gasteiger partial charge in [0.2, 0.25) is 0 Å². The third kappa shape index (κ3) is 11.8. The van der Waals surface area contributed by atoms with Crippen molar-refractivity contribution in [3.63, 3.8) is 0 Å². The van der Waals surface area contributed by atoms with Crippen LogP contribution in [0.25, 0.3) is 41.1 Å². The summed E-state index contributed by atoms with van der Waals surface area (Å²) in [6.07, 6.45) is -0.0934. The minimum absolute atomic E-state index is 0.160. The maximum Gasteiger partial charge on any atom is 0.377 e. The van der Waals surface area contributed by atoms with E-state index in [0.717, 1.165) is 41.9 Å². The van der Waals surface area contributed by atoms with Crippen LogP contribution in [0, 0.1) is 31.6 Å². The number of fused-ring (bicyclic) bond motifs is 2. The molecular formula is C55H62F6O5S2. The standard InChI is InChI=1S/C55H62F6O5S2/c1-13-37-24-34(4)16-22-43(37)47-26-39-18-20-41(28-45(39)68-47)66-52(11,12)30-51(9,10)49(64-32-54(58,59)55(60,61)53(56,57)31-63-48(62)14-2)50(7,8)29-36(6)65-40-19-17-38-25-46(67-44(38)27-40)42-21-15-33(3)23-35(42)5/h14-28,36,49H,2,13,29-32H2,1,3-12H3. The van der Waals surface area contributed by atoms with Crippen molar-refractivity contribution in [2.75, 3.05) is 13.2 Å². The van der Waals surface area contributed by atoms with Crippen LogP contribution in [0.5, 0.6) is 11.5 Å². The quantitative estimate of drug-likeness (QED) is 0.0409. The highest BCUT2D eigenvalue weighted by atomic mass is 32.1. The van der Waals surface area contributed by atoms with Crippen molar-refractivity contribution in [2.45, 2.75) is 131 Å². The Hall–Kier alpha value is -4.85. The van der Waals surface area contributed by atoms with E-state index < -0.39 is 65.6 Å². The summed E-state index contributed by atoms with van der Waals surface area (Å²) in [5.74, 6) is -17.1. The molecule has 2 unspecified atom stereocenters. The fraction of sp³-hybridized carbons (Fsp3) is 0.436. The van der Waals surface area contributed by atoms with Crippen LogP contribution >= 0.6 is 22.7 Å². The molecule has 4 aromatic carbocycles. The number of esters is 1. The lowest BCUT2D eigenvalue weighted by Gasteiger charge is -2.48.